The summed E-state index contributed by atoms with van der Waals surface area (Å²) in [5, 5.41) is 13.5. The van der Waals surface area contributed by atoms with E-state index in [2.05, 4.69) is 5.10 Å². The van der Waals surface area contributed by atoms with Crippen LogP contribution in [0.2, 0.25) is 0 Å². The lowest BCUT2D eigenvalue weighted by molar-refractivity contribution is 0.00614. The van der Waals surface area contributed by atoms with E-state index in [4.69, 9.17) is 9.84 Å². The Morgan fingerprint density at radius 3 is 2.60 bits per heavy atom. The third kappa shape index (κ3) is 3.82. The summed E-state index contributed by atoms with van der Waals surface area (Å²) in [7, 11) is 0. The second kappa shape index (κ2) is 5.95. The van der Waals surface area contributed by atoms with Crippen LogP contribution in [0, 0.1) is 5.92 Å². The number of hydrogen-bond acceptors (Lipinski definition) is 4. The molecule has 112 valence electrons. The molecule has 0 aromatic carbocycles. The summed E-state index contributed by atoms with van der Waals surface area (Å²) >= 11 is 0. The second-order valence-electron chi connectivity index (χ2n) is 6.54. The lowest BCUT2D eigenvalue weighted by atomic mass is 9.87. The number of aliphatic hydroxyl groups is 1. The van der Waals surface area contributed by atoms with Gasteiger partial charge in [0.2, 0.25) is 0 Å². The Morgan fingerprint density at radius 2 is 2.05 bits per heavy atom. The van der Waals surface area contributed by atoms with Crippen molar-refractivity contribution < 1.29 is 14.6 Å². The van der Waals surface area contributed by atoms with Gasteiger partial charge in [0.1, 0.15) is 5.60 Å². The number of aliphatic hydroxyl groups excluding tert-OH is 1. The highest BCUT2D eigenvalue weighted by Gasteiger charge is 2.24. The fourth-order valence-corrected chi connectivity index (χ4v) is 2.57. The molecule has 1 fully saturated rings. The fourth-order valence-electron chi connectivity index (χ4n) is 2.57. The Hall–Kier alpha value is -1.36. The van der Waals surface area contributed by atoms with E-state index in [1.165, 1.54) is 0 Å². The predicted molar refractivity (Wildman–Crippen MR) is 75.5 cm³/mol. The minimum atomic E-state index is -0.500. The molecule has 1 aromatic heterocycles. The van der Waals surface area contributed by atoms with Gasteiger partial charge in [-0.1, -0.05) is 0 Å². The van der Waals surface area contributed by atoms with Crippen molar-refractivity contribution in [1.82, 2.24) is 9.78 Å². The van der Waals surface area contributed by atoms with Crippen LogP contribution in [0.1, 0.15) is 63.0 Å². The maximum Gasteiger partial charge on any atom is 0.359 e. The van der Waals surface area contributed by atoms with E-state index in [0.717, 1.165) is 25.7 Å². The van der Waals surface area contributed by atoms with E-state index in [0.29, 0.717) is 17.7 Å². The van der Waals surface area contributed by atoms with Gasteiger partial charge in [0.15, 0.2) is 5.69 Å². The van der Waals surface area contributed by atoms with E-state index in [1.807, 2.05) is 31.6 Å². The first kappa shape index (κ1) is 15.0. The van der Waals surface area contributed by atoms with Crippen molar-refractivity contribution in [1.29, 1.82) is 0 Å². The monoisotopic (exact) mass is 280 g/mol. The summed E-state index contributed by atoms with van der Waals surface area (Å²) in [6, 6.07) is 2.04. The van der Waals surface area contributed by atoms with E-state index in [-0.39, 0.29) is 12.6 Å². The fraction of sp³-hybridized carbons (Fsp3) is 0.733. The van der Waals surface area contributed by atoms with Crippen LogP contribution in [0.25, 0.3) is 0 Å². The van der Waals surface area contributed by atoms with Crippen molar-refractivity contribution in [2.75, 3.05) is 6.61 Å². The first-order valence-electron chi connectivity index (χ1n) is 7.28. The first-order valence-corrected chi connectivity index (χ1v) is 7.28. The number of carbonyl (C=O) groups is 1. The lowest BCUT2D eigenvalue weighted by Crippen LogP contribution is -2.25. The Bertz CT molecular complexity index is 454. The molecule has 0 bridgehead atoms. The molecule has 0 unspecified atom stereocenters. The van der Waals surface area contributed by atoms with Crippen molar-refractivity contribution in [3.8, 4) is 0 Å². The van der Waals surface area contributed by atoms with Gasteiger partial charge in [0, 0.05) is 12.8 Å². The molecule has 0 radical (unpaired) electrons. The van der Waals surface area contributed by atoms with E-state index >= 15 is 0 Å². The van der Waals surface area contributed by atoms with Crippen LogP contribution in [-0.2, 0) is 4.74 Å². The molecule has 1 N–H and O–H groups in total. The highest BCUT2D eigenvalue weighted by atomic mass is 16.6. The van der Waals surface area contributed by atoms with Gasteiger partial charge in [-0.15, -0.1) is 0 Å². The second-order valence-corrected chi connectivity index (χ2v) is 6.54. The van der Waals surface area contributed by atoms with Gasteiger partial charge in [-0.3, -0.25) is 4.68 Å². The van der Waals surface area contributed by atoms with Gasteiger partial charge in [-0.2, -0.15) is 5.10 Å². The zero-order valence-electron chi connectivity index (χ0n) is 12.5. The Balaban J connectivity index is 1.97. The molecule has 20 heavy (non-hydrogen) atoms. The Labute approximate surface area is 119 Å². The molecule has 2 rings (SSSR count). The minimum absolute atomic E-state index is 0.273. The van der Waals surface area contributed by atoms with Crippen molar-refractivity contribution in [2.24, 2.45) is 5.92 Å². The SMILES string of the molecule is CC(C)(C)OC(=O)c1ccn(C2CCC(CO)CC2)n1. The summed E-state index contributed by atoms with van der Waals surface area (Å²) in [6.45, 7) is 5.81. The van der Waals surface area contributed by atoms with Crippen LogP contribution in [0.5, 0.6) is 0 Å². The van der Waals surface area contributed by atoms with E-state index < -0.39 is 5.60 Å². The van der Waals surface area contributed by atoms with Gasteiger partial charge in [-0.25, -0.2) is 4.79 Å². The molecule has 0 spiro atoms. The minimum Gasteiger partial charge on any atom is -0.455 e. The number of hydrogen-bond donors (Lipinski definition) is 1. The summed E-state index contributed by atoms with van der Waals surface area (Å²) in [5.41, 5.74) is -0.135. The predicted octanol–water partition coefficient (Wildman–Crippen LogP) is 2.56. The van der Waals surface area contributed by atoms with Gasteiger partial charge in [0.25, 0.3) is 0 Å². The number of nitrogens with zero attached hydrogens (tertiary/aromatic N) is 2. The Kier molecular flexibility index (Phi) is 4.48. The maximum absolute atomic E-state index is 11.9. The van der Waals surface area contributed by atoms with Crippen LogP contribution in [-0.4, -0.2) is 33.1 Å². The van der Waals surface area contributed by atoms with Crippen molar-refractivity contribution in [3.63, 3.8) is 0 Å². The number of carbonyl (C=O) groups excluding carboxylic acids is 1. The summed E-state index contributed by atoms with van der Waals surface area (Å²) in [5.74, 6) is 0.0485. The standard InChI is InChI=1S/C15H24N2O3/c1-15(2,3)20-14(19)13-8-9-17(16-13)12-6-4-11(10-18)5-7-12/h8-9,11-12,18H,4-7,10H2,1-3H3. The molecular formula is C15H24N2O3. The van der Waals surface area contributed by atoms with Gasteiger partial charge in [-0.05, 0) is 58.4 Å². The van der Waals surface area contributed by atoms with Gasteiger partial charge >= 0.3 is 5.97 Å². The largest absolute Gasteiger partial charge is 0.455 e. The number of esters is 1. The summed E-state index contributed by atoms with van der Waals surface area (Å²) in [6.07, 6.45) is 5.89. The molecule has 1 aliphatic rings. The quantitative estimate of drug-likeness (QED) is 0.864. The molecule has 5 nitrogen and oxygen atoms in total. The third-order valence-corrected chi connectivity index (χ3v) is 3.66. The molecule has 0 amide bonds. The highest BCUT2D eigenvalue weighted by molar-refractivity contribution is 5.87. The van der Waals surface area contributed by atoms with Crippen LogP contribution < -0.4 is 0 Å². The normalized spacial score (nSPS) is 23.6. The maximum atomic E-state index is 11.9. The Morgan fingerprint density at radius 1 is 1.40 bits per heavy atom. The van der Waals surface area contributed by atoms with Crippen LogP contribution >= 0.6 is 0 Å². The third-order valence-electron chi connectivity index (χ3n) is 3.66. The van der Waals surface area contributed by atoms with Crippen molar-refractivity contribution in [3.05, 3.63) is 18.0 Å². The number of rotatable bonds is 3. The van der Waals surface area contributed by atoms with Crippen molar-refractivity contribution >= 4 is 5.97 Å². The lowest BCUT2D eigenvalue weighted by Gasteiger charge is -2.27. The molecule has 1 saturated carbocycles. The molecule has 1 heterocycles. The molecule has 0 aliphatic heterocycles. The van der Waals surface area contributed by atoms with Crippen LogP contribution in [0.3, 0.4) is 0 Å². The molecule has 0 saturated heterocycles. The zero-order valence-corrected chi connectivity index (χ0v) is 12.5. The first-order chi connectivity index (χ1) is 9.39. The summed E-state index contributed by atoms with van der Waals surface area (Å²) < 4.78 is 7.18. The molecule has 0 atom stereocenters. The summed E-state index contributed by atoms with van der Waals surface area (Å²) in [4.78, 5) is 11.9. The van der Waals surface area contributed by atoms with Crippen molar-refractivity contribution in [2.45, 2.75) is 58.1 Å². The molecule has 1 aliphatic carbocycles. The zero-order chi connectivity index (χ0) is 14.8. The van der Waals surface area contributed by atoms with Crippen LogP contribution in [0.15, 0.2) is 12.3 Å². The molecule has 1 aromatic rings. The van der Waals surface area contributed by atoms with Crippen LogP contribution in [0.4, 0.5) is 0 Å². The van der Waals surface area contributed by atoms with E-state index in [1.54, 1.807) is 6.07 Å². The number of ether oxygens (including phenoxy) is 1. The number of aromatic nitrogens is 2. The van der Waals surface area contributed by atoms with Gasteiger partial charge in [0.05, 0.1) is 6.04 Å². The highest BCUT2D eigenvalue weighted by Crippen LogP contribution is 2.31. The topological polar surface area (TPSA) is 64.3 Å². The van der Waals surface area contributed by atoms with Gasteiger partial charge < -0.3 is 9.84 Å². The smallest absolute Gasteiger partial charge is 0.359 e. The molecular weight excluding hydrogens is 256 g/mol. The average molecular weight is 280 g/mol. The van der Waals surface area contributed by atoms with E-state index in [9.17, 15) is 4.79 Å². The average Bonchev–Trinajstić information content (AvgIpc) is 2.86. The molecule has 5 heteroatoms.